The minimum atomic E-state index is -0.507. The Bertz CT molecular complexity index is 991. The van der Waals surface area contributed by atoms with E-state index in [9.17, 15) is 9.59 Å². The fourth-order valence-corrected chi connectivity index (χ4v) is 3.26. The number of benzene rings is 1. The summed E-state index contributed by atoms with van der Waals surface area (Å²) in [5, 5.41) is 0. The predicted molar refractivity (Wildman–Crippen MR) is 91.2 cm³/mol. The Balaban J connectivity index is 1.50. The standard InChI is InChI=1S/C18H18N4O3/c1-12-6-8-19-17(20-12)13-7-9-21(10-13)16(23)11-22-14-4-2-3-5-15(14)25-18(22)24/h2-6,8,13H,7,9-11H2,1H3/t13-/m0/s1. The number of aromatic nitrogens is 3. The molecule has 0 N–H and O–H groups in total. The van der Waals surface area contributed by atoms with E-state index in [4.69, 9.17) is 4.42 Å². The number of nitrogens with zero attached hydrogens (tertiary/aromatic N) is 4. The highest BCUT2D eigenvalue weighted by Crippen LogP contribution is 2.25. The van der Waals surface area contributed by atoms with Gasteiger partial charge in [0.15, 0.2) is 5.58 Å². The molecule has 1 fully saturated rings. The van der Waals surface area contributed by atoms with Crippen LogP contribution in [-0.4, -0.2) is 38.4 Å². The Morgan fingerprint density at radius 1 is 1.32 bits per heavy atom. The molecule has 1 aliphatic heterocycles. The average molecular weight is 338 g/mol. The van der Waals surface area contributed by atoms with Crippen LogP contribution in [-0.2, 0) is 11.3 Å². The van der Waals surface area contributed by atoms with E-state index in [0.717, 1.165) is 17.9 Å². The first-order valence-electron chi connectivity index (χ1n) is 8.27. The zero-order chi connectivity index (χ0) is 17.4. The number of carbonyl (C=O) groups excluding carboxylic acids is 1. The summed E-state index contributed by atoms with van der Waals surface area (Å²) in [7, 11) is 0. The summed E-state index contributed by atoms with van der Waals surface area (Å²) in [5.74, 6) is 0.319. The molecule has 7 nitrogen and oxygen atoms in total. The zero-order valence-corrected chi connectivity index (χ0v) is 13.9. The minimum absolute atomic E-state index is 0.0166. The van der Waals surface area contributed by atoms with Crippen molar-refractivity contribution < 1.29 is 9.21 Å². The monoisotopic (exact) mass is 338 g/mol. The minimum Gasteiger partial charge on any atom is -0.408 e. The predicted octanol–water partition coefficient (Wildman–Crippen LogP) is 1.71. The van der Waals surface area contributed by atoms with Gasteiger partial charge in [-0.1, -0.05) is 12.1 Å². The van der Waals surface area contributed by atoms with Crippen molar-refractivity contribution in [3.63, 3.8) is 0 Å². The van der Waals surface area contributed by atoms with Crippen molar-refractivity contribution in [1.82, 2.24) is 19.4 Å². The molecule has 7 heteroatoms. The molecule has 3 heterocycles. The summed E-state index contributed by atoms with van der Waals surface area (Å²) in [6.07, 6.45) is 2.58. The summed E-state index contributed by atoms with van der Waals surface area (Å²) in [4.78, 5) is 35.2. The quantitative estimate of drug-likeness (QED) is 0.726. The first-order valence-corrected chi connectivity index (χ1v) is 8.27. The first kappa shape index (κ1) is 15.6. The molecule has 4 rings (SSSR count). The SMILES string of the molecule is Cc1ccnc([C@H]2CCN(C(=O)Cn3c(=O)oc4ccccc43)C2)n1. The molecule has 3 aromatic rings. The van der Waals surface area contributed by atoms with Crippen LogP contribution < -0.4 is 5.76 Å². The Hall–Kier alpha value is -2.96. The van der Waals surface area contributed by atoms with Gasteiger partial charge >= 0.3 is 5.76 Å². The molecular formula is C18H18N4O3. The van der Waals surface area contributed by atoms with E-state index < -0.39 is 5.76 Å². The van der Waals surface area contributed by atoms with E-state index >= 15 is 0 Å². The van der Waals surface area contributed by atoms with Crippen molar-refractivity contribution in [1.29, 1.82) is 0 Å². The van der Waals surface area contributed by atoms with E-state index in [1.54, 1.807) is 29.3 Å². The van der Waals surface area contributed by atoms with Gasteiger partial charge in [0.2, 0.25) is 5.91 Å². The van der Waals surface area contributed by atoms with E-state index in [1.165, 1.54) is 4.57 Å². The van der Waals surface area contributed by atoms with Gasteiger partial charge in [0.05, 0.1) is 5.52 Å². The lowest BCUT2D eigenvalue weighted by Gasteiger charge is -2.16. The largest absolute Gasteiger partial charge is 0.420 e. The Kier molecular flexibility index (Phi) is 3.83. The van der Waals surface area contributed by atoms with Gasteiger partial charge in [0.25, 0.3) is 0 Å². The van der Waals surface area contributed by atoms with Gasteiger partial charge in [-0.25, -0.2) is 14.8 Å². The summed E-state index contributed by atoms with van der Waals surface area (Å²) in [6.45, 7) is 3.13. The lowest BCUT2D eigenvalue weighted by molar-refractivity contribution is -0.130. The van der Waals surface area contributed by atoms with E-state index in [2.05, 4.69) is 9.97 Å². The zero-order valence-electron chi connectivity index (χ0n) is 13.9. The molecule has 0 spiro atoms. The van der Waals surface area contributed by atoms with Crippen molar-refractivity contribution in [2.24, 2.45) is 0 Å². The highest BCUT2D eigenvalue weighted by atomic mass is 16.4. The first-order chi connectivity index (χ1) is 12.1. The van der Waals surface area contributed by atoms with Gasteiger partial charge in [-0.3, -0.25) is 9.36 Å². The van der Waals surface area contributed by atoms with Crippen molar-refractivity contribution in [2.75, 3.05) is 13.1 Å². The second-order valence-corrected chi connectivity index (χ2v) is 6.30. The van der Waals surface area contributed by atoms with Crippen LogP contribution >= 0.6 is 0 Å². The third kappa shape index (κ3) is 2.93. The molecule has 0 radical (unpaired) electrons. The second-order valence-electron chi connectivity index (χ2n) is 6.30. The van der Waals surface area contributed by atoms with Crippen molar-refractivity contribution in [3.05, 3.63) is 58.6 Å². The third-order valence-corrected chi connectivity index (χ3v) is 4.59. The summed E-state index contributed by atoms with van der Waals surface area (Å²) < 4.78 is 6.57. The summed E-state index contributed by atoms with van der Waals surface area (Å²) in [6, 6.07) is 8.97. The van der Waals surface area contributed by atoms with Gasteiger partial charge in [-0.2, -0.15) is 0 Å². The smallest absolute Gasteiger partial charge is 0.408 e. The number of para-hydroxylation sites is 2. The number of fused-ring (bicyclic) bond motifs is 1. The molecule has 1 aliphatic rings. The van der Waals surface area contributed by atoms with Crippen molar-refractivity contribution >= 4 is 17.0 Å². The lowest BCUT2D eigenvalue weighted by atomic mass is 10.1. The maximum atomic E-state index is 12.6. The Morgan fingerprint density at radius 2 is 2.16 bits per heavy atom. The van der Waals surface area contributed by atoms with E-state index in [0.29, 0.717) is 24.2 Å². The average Bonchev–Trinajstić information content (AvgIpc) is 3.21. The topological polar surface area (TPSA) is 81.2 Å². The van der Waals surface area contributed by atoms with Crippen LogP contribution in [0.25, 0.3) is 11.1 Å². The molecule has 25 heavy (non-hydrogen) atoms. The highest BCUT2D eigenvalue weighted by molar-refractivity contribution is 5.79. The molecule has 1 atom stereocenters. The molecular weight excluding hydrogens is 320 g/mol. The fourth-order valence-electron chi connectivity index (χ4n) is 3.26. The molecule has 1 saturated heterocycles. The molecule has 1 amide bonds. The van der Waals surface area contributed by atoms with Crippen LogP contribution in [0.2, 0.25) is 0 Å². The number of oxazole rings is 1. The number of aryl methyl sites for hydroxylation is 1. The summed E-state index contributed by atoms with van der Waals surface area (Å²) in [5.41, 5.74) is 2.05. The van der Waals surface area contributed by atoms with Crippen LogP contribution in [0.15, 0.2) is 45.7 Å². The van der Waals surface area contributed by atoms with Gasteiger partial charge in [-0.05, 0) is 31.5 Å². The van der Waals surface area contributed by atoms with Gasteiger partial charge in [0.1, 0.15) is 12.4 Å². The van der Waals surface area contributed by atoms with Crippen LogP contribution in [0.5, 0.6) is 0 Å². The Labute approximate surface area is 143 Å². The molecule has 0 bridgehead atoms. The molecule has 1 aromatic carbocycles. The fraction of sp³-hybridized carbons (Fsp3) is 0.333. The van der Waals surface area contributed by atoms with Gasteiger partial charge in [-0.15, -0.1) is 0 Å². The summed E-state index contributed by atoms with van der Waals surface area (Å²) >= 11 is 0. The van der Waals surface area contributed by atoms with Crippen LogP contribution in [0, 0.1) is 6.92 Å². The number of carbonyl (C=O) groups is 1. The third-order valence-electron chi connectivity index (χ3n) is 4.59. The number of rotatable bonds is 3. The van der Waals surface area contributed by atoms with E-state index in [-0.39, 0.29) is 18.4 Å². The number of hydrogen-bond acceptors (Lipinski definition) is 5. The van der Waals surface area contributed by atoms with Crippen LogP contribution in [0.1, 0.15) is 23.9 Å². The normalized spacial score (nSPS) is 17.3. The number of hydrogen-bond donors (Lipinski definition) is 0. The highest BCUT2D eigenvalue weighted by Gasteiger charge is 2.29. The Morgan fingerprint density at radius 3 is 3.00 bits per heavy atom. The molecule has 0 saturated carbocycles. The molecule has 2 aromatic heterocycles. The number of amides is 1. The van der Waals surface area contributed by atoms with Crippen LogP contribution in [0.4, 0.5) is 0 Å². The second kappa shape index (κ2) is 6.16. The number of likely N-dealkylation sites (tertiary alicyclic amines) is 1. The van der Waals surface area contributed by atoms with Gasteiger partial charge in [0, 0.05) is 30.9 Å². The molecule has 0 unspecified atom stereocenters. The lowest BCUT2D eigenvalue weighted by Crippen LogP contribution is -2.34. The van der Waals surface area contributed by atoms with Crippen molar-refractivity contribution in [2.45, 2.75) is 25.8 Å². The van der Waals surface area contributed by atoms with Gasteiger partial charge < -0.3 is 9.32 Å². The molecule has 0 aliphatic carbocycles. The molecule has 128 valence electrons. The van der Waals surface area contributed by atoms with Crippen molar-refractivity contribution in [3.8, 4) is 0 Å². The van der Waals surface area contributed by atoms with E-state index in [1.807, 2.05) is 19.1 Å². The maximum absolute atomic E-state index is 12.6. The maximum Gasteiger partial charge on any atom is 0.420 e. The van der Waals surface area contributed by atoms with Crippen LogP contribution in [0.3, 0.4) is 0 Å².